The van der Waals surface area contributed by atoms with Crippen LogP contribution >= 0.6 is 0 Å². The number of benzene rings is 1. The van der Waals surface area contributed by atoms with E-state index >= 15 is 0 Å². The molecule has 3 N–H and O–H groups in total. The topological polar surface area (TPSA) is 58.4 Å². The molecule has 1 aromatic carbocycles. The molecule has 19 heavy (non-hydrogen) atoms. The second kappa shape index (κ2) is 6.57. The van der Waals surface area contributed by atoms with Crippen LogP contribution in [0.3, 0.4) is 0 Å². The third kappa shape index (κ3) is 4.91. The first-order valence-corrected chi connectivity index (χ1v) is 6.71. The van der Waals surface area contributed by atoms with Gasteiger partial charge in [0, 0.05) is 25.2 Å². The largest absolute Gasteiger partial charge is 0.333 e. The van der Waals surface area contributed by atoms with Crippen molar-refractivity contribution in [1.29, 1.82) is 0 Å². The number of nitrogens with one attached hydrogen (secondary N) is 1. The van der Waals surface area contributed by atoms with Crippen LogP contribution in [0.25, 0.3) is 0 Å². The molecule has 0 bridgehead atoms. The van der Waals surface area contributed by atoms with Gasteiger partial charge in [0.1, 0.15) is 0 Å². The maximum absolute atomic E-state index is 12.2. The normalized spacial score (nSPS) is 11.2. The van der Waals surface area contributed by atoms with Gasteiger partial charge in [0.05, 0.1) is 0 Å². The summed E-state index contributed by atoms with van der Waals surface area (Å²) in [5, 5.41) is 2.98. The molecule has 106 valence electrons. The summed E-state index contributed by atoms with van der Waals surface area (Å²) < 4.78 is 0. The van der Waals surface area contributed by atoms with Crippen molar-refractivity contribution >= 4 is 6.03 Å². The van der Waals surface area contributed by atoms with Gasteiger partial charge in [0.25, 0.3) is 0 Å². The highest BCUT2D eigenvalue weighted by molar-refractivity contribution is 5.75. The van der Waals surface area contributed by atoms with Gasteiger partial charge in [-0.1, -0.05) is 24.3 Å². The molecule has 0 aliphatic carbocycles. The average Bonchev–Trinajstić information content (AvgIpc) is 2.34. The molecule has 0 aliphatic rings. The summed E-state index contributed by atoms with van der Waals surface area (Å²) in [6.45, 7) is 9.67. The van der Waals surface area contributed by atoms with E-state index in [0.717, 1.165) is 11.1 Å². The van der Waals surface area contributed by atoms with E-state index in [4.69, 9.17) is 5.73 Å². The number of nitrogens with two attached hydrogens (primary N) is 1. The monoisotopic (exact) mass is 263 g/mol. The third-order valence-corrected chi connectivity index (χ3v) is 2.85. The first-order chi connectivity index (χ1) is 8.87. The minimum atomic E-state index is -0.224. The molecule has 0 atom stereocenters. The molecule has 0 radical (unpaired) electrons. The molecule has 0 aliphatic heterocycles. The van der Waals surface area contributed by atoms with Crippen molar-refractivity contribution in [3.63, 3.8) is 0 Å². The zero-order valence-electron chi connectivity index (χ0n) is 12.4. The van der Waals surface area contributed by atoms with Crippen LogP contribution in [0.4, 0.5) is 4.79 Å². The van der Waals surface area contributed by atoms with E-state index in [2.05, 4.69) is 5.32 Å². The van der Waals surface area contributed by atoms with Crippen molar-refractivity contribution in [3.05, 3.63) is 35.4 Å². The molecule has 2 amide bonds. The molecule has 0 spiro atoms. The number of rotatable bonds is 4. The Labute approximate surface area is 116 Å². The van der Waals surface area contributed by atoms with E-state index in [9.17, 15) is 4.79 Å². The van der Waals surface area contributed by atoms with E-state index in [1.54, 1.807) is 4.90 Å². The number of hydrogen-bond donors (Lipinski definition) is 2. The van der Waals surface area contributed by atoms with Crippen molar-refractivity contribution in [3.8, 4) is 0 Å². The van der Waals surface area contributed by atoms with Gasteiger partial charge in [-0.2, -0.15) is 0 Å². The maximum Gasteiger partial charge on any atom is 0.318 e. The summed E-state index contributed by atoms with van der Waals surface area (Å²) >= 11 is 0. The molecule has 0 saturated heterocycles. The zero-order valence-corrected chi connectivity index (χ0v) is 12.4. The van der Waals surface area contributed by atoms with E-state index in [1.807, 2.05) is 52.0 Å². The number of amides is 2. The Kier molecular flexibility index (Phi) is 5.36. The lowest BCUT2D eigenvalue weighted by atomic mass is 10.1. The highest BCUT2D eigenvalue weighted by atomic mass is 16.2. The predicted molar refractivity (Wildman–Crippen MR) is 78.7 cm³/mol. The molecule has 0 saturated carbocycles. The van der Waals surface area contributed by atoms with Gasteiger partial charge in [-0.05, 0) is 38.8 Å². The smallest absolute Gasteiger partial charge is 0.318 e. The van der Waals surface area contributed by atoms with Gasteiger partial charge in [-0.15, -0.1) is 0 Å². The van der Waals surface area contributed by atoms with Gasteiger partial charge in [0.2, 0.25) is 0 Å². The van der Waals surface area contributed by atoms with E-state index in [1.165, 1.54) is 0 Å². The minimum absolute atomic E-state index is 0.0400. The van der Waals surface area contributed by atoms with Crippen molar-refractivity contribution in [2.24, 2.45) is 5.73 Å². The lowest BCUT2D eigenvalue weighted by Crippen LogP contribution is -2.48. The van der Waals surface area contributed by atoms with Crippen molar-refractivity contribution < 1.29 is 4.79 Å². The number of carbonyl (C=O) groups excluding carboxylic acids is 1. The summed E-state index contributed by atoms with van der Waals surface area (Å²) in [6.07, 6.45) is 0. The summed E-state index contributed by atoms with van der Waals surface area (Å²) in [5.41, 5.74) is 7.70. The molecule has 4 nitrogen and oxygen atoms in total. The van der Waals surface area contributed by atoms with Crippen molar-refractivity contribution in [2.45, 2.75) is 46.3 Å². The fourth-order valence-electron chi connectivity index (χ4n) is 1.84. The Morgan fingerprint density at radius 1 is 1.26 bits per heavy atom. The molecule has 0 unspecified atom stereocenters. The molecule has 0 heterocycles. The Hall–Kier alpha value is -1.55. The van der Waals surface area contributed by atoms with Gasteiger partial charge in [0.15, 0.2) is 0 Å². The predicted octanol–water partition coefficient (Wildman–Crippen LogP) is 2.48. The van der Waals surface area contributed by atoms with Crippen LogP contribution in [0.1, 0.15) is 38.8 Å². The SMILES string of the molecule is CCN(Cc1ccccc1CN)C(=O)NC(C)(C)C. The quantitative estimate of drug-likeness (QED) is 0.876. The number of urea groups is 1. The molecular weight excluding hydrogens is 238 g/mol. The van der Waals surface area contributed by atoms with E-state index < -0.39 is 0 Å². The molecular formula is C15H25N3O. The third-order valence-electron chi connectivity index (χ3n) is 2.85. The number of hydrogen-bond acceptors (Lipinski definition) is 2. The summed E-state index contributed by atoms with van der Waals surface area (Å²) in [6, 6.07) is 7.93. The van der Waals surface area contributed by atoms with E-state index in [0.29, 0.717) is 19.6 Å². The lowest BCUT2D eigenvalue weighted by Gasteiger charge is -2.28. The van der Waals surface area contributed by atoms with Crippen LogP contribution in [-0.4, -0.2) is 23.0 Å². The van der Waals surface area contributed by atoms with Crippen LogP contribution < -0.4 is 11.1 Å². The standard InChI is InChI=1S/C15H25N3O/c1-5-18(14(19)17-15(2,3)4)11-13-9-7-6-8-12(13)10-16/h6-9H,5,10-11,16H2,1-4H3,(H,17,19). The average molecular weight is 263 g/mol. The van der Waals surface area contributed by atoms with Gasteiger partial charge >= 0.3 is 6.03 Å². The Bertz CT molecular complexity index is 424. The van der Waals surface area contributed by atoms with Crippen LogP contribution in [-0.2, 0) is 13.1 Å². The fraction of sp³-hybridized carbons (Fsp3) is 0.533. The maximum atomic E-state index is 12.2. The van der Waals surface area contributed by atoms with Gasteiger partial charge in [-0.3, -0.25) is 0 Å². The minimum Gasteiger partial charge on any atom is -0.333 e. The van der Waals surface area contributed by atoms with E-state index in [-0.39, 0.29) is 11.6 Å². The molecule has 4 heteroatoms. The van der Waals surface area contributed by atoms with Gasteiger partial charge < -0.3 is 16.0 Å². The van der Waals surface area contributed by atoms with Crippen molar-refractivity contribution in [2.75, 3.05) is 6.54 Å². The molecule has 0 fully saturated rings. The Morgan fingerprint density at radius 3 is 2.32 bits per heavy atom. The molecule has 1 aromatic rings. The van der Waals surface area contributed by atoms with Crippen LogP contribution in [0.5, 0.6) is 0 Å². The summed E-state index contributed by atoms with van der Waals surface area (Å²) in [5.74, 6) is 0. The summed E-state index contributed by atoms with van der Waals surface area (Å²) in [4.78, 5) is 14.0. The molecule has 1 rings (SSSR count). The molecule has 0 aromatic heterocycles. The lowest BCUT2D eigenvalue weighted by molar-refractivity contribution is 0.188. The van der Waals surface area contributed by atoms with Crippen molar-refractivity contribution in [1.82, 2.24) is 10.2 Å². The zero-order chi connectivity index (χ0) is 14.5. The van der Waals surface area contributed by atoms with Crippen LogP contribution in [0.2, 0.25) is 0 Å². The number of nitrogens with zero attached hydrogens (tertiary/aromatic N) is 1. The van der Waals surface area contributed by atoms with Crippen LogP contribution in [0.15, 0.2) is 24.3 Å². The Morgan fingerprint density at radius 2 is 1.84 bits per heavy atom. The Balaban J connectivity index is 2.79. The second-order valence-corrected chi connectivity index (χ2v) is 5.67. The first-order valence-electron chi connectivity index (χ1n) is 6.71. The summed E-state index contributed by atoms with van der Waals surface area (Å²) in [7, 11) is 0. The number of carbonyl (C=O) groups is 1. The van der Waals surface area contributed by atoms with Crippen LogP contribution in [0, 0.1) is 0 Å². The first kappa shape index (κ1) is 15.5. The second-order valence-electron chi connectivity index (χ2n) is 5.67. The fourth-order valence-corrected chi connectivity index (χ4v) is 1.84. The highest BCUT2D eigenvalue weighted by Gasteiger charge is 2.19. The highest BCUT2D eigenvalue weighted by Crippen LogP contribution is 2.12. The van der Waals surface area contributed by atoms with Gasteiger partial charge in [-0.25, -0.2) is 4.79 Å².